The lowest BCUT2D eigenvalue weighted by Crippen LogP contribution is -2.00. The van der Waals surface area contributed by atoms with Gasteiger partial charge in [-0.05, 0) is 69.2 Å². The van der Waals surface area contributed by atoms with Crippen molar-refractivity contribution < 1.29 is 28.8 Å². The third-order valence-corrected chi connectivity index (χ3v) is 6.74. The van der Waals surface area contributed by atoms with Crippen LogP contribution in [-0.2, 0) is 11.4 Å². The van der Waals surface area contributed by atoms with Crippen LogP contribution in [0.4, 0.5) is 0 Å². The number of carboxylic acids is 1. The van der Waals surface area contributed by atoms with Crippen LogP contribution in [-0.4, -0.2) is 47.6 Å². The Hall–Kier alpha value is -3.96. The molecule has 9 nitrogen and oxygen atoms in total. The van der Waals surface area contributed by atoms with Crippen molar-refractivity contribution in [2.75, 3.05) is 21.3 Å². The van der Waals surface area contributed by atoms with Gasteiger partial charge in [0.1, 0.15) is 23.0 Å². The number of ether oxygens (including phenoxy) is 4. The number of aromatic nitrogens is 3. The Bertz CT molecular complexity index is 1440. The van der Waals surface area contributed by atoms with Gasteiger partial charge in [-0.3, -0.25) is 5.10 Å². The molecule has 0 amide bonds. The molecule has 0 atom stereocenters. The van der Waals surface area contributed by atoms with E-state index in [0.717, 1.165) is 17.3 Å². The summed E-state index contributed by atoms with van der Waals surface area (Å²) in [5.41, 5.74) is 2.29. The average molecular weight is 598 g/mol. The van der Waals surface area contributed by atoms with E-state index < -0.39 is 5.97 Å². The summed E-state index contributed by atoms with van der Waals surface area (Å²) in [6.45, 7) is 0.355. The van der Waals surface area contributed by atoms with Crippen LogP contribution >= 0.6 is 27.7 Å². The third-order valence-electron chi connectivity index (χ3n) is 5.28. The highest BCUT2D eigenvalue weighted by molar-refractivity contribution is 9.10. The van der Waals surface area contributed by atoms with Crippen molar-refractivity contribution in [3.05, 3.63) is 81.2 Å². The van der Waals surface area contributed by atoms with Crippen LogP contribution in [0.1, 0.15) is 11.1 Å². The van der Waals surface area contributed by atoms with Crippen molar-refractivity contribution in [3.8, 4) is 34.4 Å². The number of benzene rings is 3. The SMILES string of the molecule is COc1cc(OC)cc(-c2nc(S/C(=C\c3cc(Br)c(OCc4ccccc4)c(OC)c3)C(=O)O)n[nH]2)c1. The fourth-order valence-electron chi connectivity index (χ4n) is 3.44. The van der Waals surface area contributed by atoms with Crippen LogP contribution in [0.25, 0.3) is 17.5 Å². The minimum absolute atomic E-state index is 0.0191. The number of nitrogens with one attached hydrogen (secondary N) is 1. The fraction of sp³-hybridized carbons (Fsp3) is 0.148. The fourth-order valence-corrected chi connectivity index (χ4v) is 4.72. The van der Waals surface area contributed by atoms with Gasteiger partial charge >= 0.3 is 5.97 Å². The molecule has 0 aliphatic carbocycles. The van der Waals surface area contributed by atoms with Crippen LogP contribution in [0.5, 0.6) is 23.0 Å². The second-order valence-electron chi connectivity index (χ2n) is 7.79. The maximum absolute atomic E-state index is 12.1. The number of rotatable bonds is 11. The third kappa shape index (κ3) is 6.67. The maximum Gasteiger partial charge on any atom is 0.342 e. The number of methoxy groups -OCH3 is 3. The number of H-pyrrole nitrogens is 1. The number of hydrogen-bond acceptors (Lipinski definition) is 8. The van der Waals surface area contributed by atoms with Crippen LogP contribution in [0, 0.1) is 0 Å². The van der Waals surface area contributed by atoms with E-state index in [1.165, 1.54) is 13.2 Å². The van der Waals surface area contributed by atoms with Gasteiger partial charge in [-0.15, -0.1) is 5.10 Å². The summed E-state index contributed by atoms with van der Waals surface area (Å²) in [5, 5.41) is 17.1. The van der Waals surface area contributed by atoms with Crippen molar-refractivity contribution >= 4 is 39.7 Å². The summed E-state index contributed by atoms with van der Waals surface area (Å²) >= 11 is 4.44. The molecule has 4 rings (SSSR count). The summed E-state index contributed by atoms with van der Waals surface area (Å²) in [6.07, 6.45) is 1.52. The molecule has 0 saturated carbocycles. The second-order valence-corrected chi connectivity index (χ2v) is 9.66. The zero-order valence-electron chi connectivity index (χ0n) is 20.7. The second kappa shape index (κ2) is 12.5. The number of carboxylic acid groups (broad SMARTS) is 1. The molecule has 4 aromatic rings. The van der Waals surface area contributed by atoms with E-state index in [-0.39, 0.29) is 10.1 Å². The molecule has 0 unspecified atom stereocenters. The molecule has 0 saturated heterocycles. The lowest BCUT2D eigenvalue weighted by atomic mass is 10.2. The zero-order chi connectivity index (χ0) is 27.1. The van der Waals surface area contributed by atoms with Crippen molar-refractivity contribution in [2.45, 2.75) is 11.8 Å². The Morgan fingerprint density at radius 1 is 1.03 bits per heavy atom. The van der Waals surface area contributed by atoms with Gasteiger partial charge in [0.05, 0.1) is 25.8 Å². The predicted octanol–water partition coefficient (Wildman–Crippen LogP) is 6.06. The number of thioether (sulfide) groups is 1. The molecule has 0 radical (unpaired) electrons. The summed E-state index contributed by atoms with van der Waals surface area (Å²) in [6, 6.07) is 18.5. The smallest absolute Gasteiger partial charge is 0.342 e. The molecule has 2 N–H and O–H groups in total. The van der Waals surface area contributed by atoms with E-state index >= 15 is 0 Å². The van der Waals surface area contributed by atoms with Crippen molar-refractivity contribution in [1.82, 2.24) is 15.2 Å². The lowest BCUT2D eigenvalue weighted by molar-refractivity contribution is -0.131. The Kier molecular flexibility index (Phi) is 8.93. The molecule has 0 aliphatic heterocycles. The van der Waals surface area contributed by atoms with Gasteiger partial charge < -0.3 is 24.1 Å². The summed E-state index contributed by atoms with van der Waals surface area (Å²) in [7, 11) is 4.64. The highest BCUT2D eigenvalue weighted by Crippen LogP contribution is 2.39. The molecule has 0 fully saturated rings. The topological polar surface area (TPSA) is 116 Å². The van der Waals surface area contributed by atoms with Crippen LogP contribution in [0.15, 0.2) is 75.2 Å². The Balaban J connectivity index is 1.57. The van der Waals surface area contributed by atoms with Gasteiger partial charge in [0.15, 0.2) is 17.3 Å². The average Bonchev–Trinajstić information content (AvgIpc) is 3.40. The Morgan fingerprint density at radius 2 is 1.74 bits per heavy atom. The first kappa shape index (κ1) is 27.1. The van der Waals surface area contributed by atoms with E-state index in [0.29, 0.717) is 51.0 Å². The number of nitrogens with zero attached hydrogens (tertiary/aromatic N) is 2. The van der Waals surface area contributed by atoms with Crippen molar-refractivity contribution in [3.63, 3.8) is 0 Å². The molecular weight excluding hydrogens is 574 g/mol. The molecule has 196 valence electrons. The standard InChI is InChI=1S/C27H24BrN3O6S/c1-34-19-12-18(13-20(14-19)35-2)25-29-27(31-30-25)38-23(26(32)33)11-17-9-21(28)24(22(10-17)36-3)37-15-16-7-5-4-6-8-16/h4-14H,15H2,1-3H3,(H,32,33)(H,29,30,31)/b23-11-. The van der Waals surface area contributed by atoms with Gasteiger partial charge in [-0.1, -0.05) is 30.3 Å². The van der Waals surface area contributed by atoms with Crippen LogP contribution < -0.4 is 18.9 Å². The Labute approximate surface area is 231 Å². The first-order valence-electron chi connectivity index (χ1n) is 11.2. The molecule has 1 heterocycles. The molecule has 0 bridgehead atoms. The number of halogens is 1. The van der Waals surface area contributed by atoms with Gasteiger partial charge in [-0.2, -0.15) is 0 Å². The molecular formula is C27H24BrN3O6S. The highest BCUT2D eigenvalue weighted by Gasteiger charge is 2.17. The van der Waals surface area contributed by atoms with Gasteiger partial charge in [-0.25, -0.2) is 9.78 Å². The minimum Gasteiger partial charge on any atom is -0.497 e. The van der Waals surface area contributed by atoms with E-state index in [1.807, 2.05) is 30.3 Å². The van der Waals surface area contributed by atoms with Crippen LogP contribution in [0.3, 0.4) is 0 Å². The number of hydrogen-bond donors (Lipinski definition) is 2. The Morgan fingerprint density at radius 3 is 2.37 bits per heavy atom. The summed E-state index contributed by atoms with van der Waals surface area (Å²) < 4.78 is 22.7. The minimum atomic E-state index is -1.12. The van der Waals surface area contributed by atoms with Gasteiger partial charge in [0, 0.05) is 11.6 Å². The molecule has 0 aliphatic rings. The number of carbonyl (C=O) groups is 1. The maximum atomic E-state index is 12.1. The first-order valence-corrected chi connectivity index (χ1v) is 12.8. The molecule has 3 aromatic carbocycles. The number of aromatic amines is 1. The zero-order valence-corrected chi connectivity index (χ0v) is 23.1. The van der Waals surface area contributed by atoms with Gasteiger partial charge in [0.2, 0.25) is 5.16 Å². The van der Waals surface area contributed by atoms with E-state index in [4.69, 9.17) is 18.9 Å². The molecule has 38 heavy (non-hydrogen) atoms. The number of aliphatic carboxylic acids is 1. The largest absolute Gasteiger partial charge is 0.497 e. The van der Waals surface area contributed by atoms with E-state index in [9.17, 15) is 9.90 Å². The van der Waals surface area contributed by atoms with E-state index in [1.54, 1.807) is 44.6 Å². The molecule has 1 aromatic heterocycles. The predicted molar refractivity (Wildman–Crippen MR) is 148 cm³/mol. The van der Waals surface area contributed by atoms with Crippen molar-refractivity contribution in [2.24, 2.45) is 0 Å². The summed E-state index contributed by atoms with van der Waals surface area (Å²) in [4.78, 5) is 16.5. The normalized spacial score (nSPS) is 11.2. The molecule has 11 heteroatoms. The summed E-state index contributed by atoms with van der Waals surface area (Å²) in [5.74, 6) is 1.48. The van der Waals surface area contributed by atoms with E-state index in [2.05, 4.69) is 31.1 Å². The lowest BCUT2D eigenvalue weighted by Gasteiger charge is -2.14. The van der Waals surface area contributed by atoms with Crippen LogP contribution in [0.2, 0.25) is 0 Å². The molecule has 0 spiro atoms. The van der Waals surface area contributed by atoms with Gasteiger partial charge in [0.25, 0.3) is 0 Å². The van der Waals surface area contributed by atoms with Crippen molar-refractivity contribution in [1.29, 1.82) is 0 Å². The first-order chi connectivity index (χ1) is 18.4. The highest BCUT2D eigenvalue weighted by atomic mass is 79.9. The quantitative estimate of drug-likeness (QED) is 0.157. The monoisotopic (exact) mass is 597 g/mol.